The quantitative estimate of drug-likeness (QED) is 0.387. The van der Waals surface area contributed by atoms with E-state index in [9.17, 15) is 18.0 Å². The number of anilines is 1. The van der Waals surface area contributed by atoms with Gasteiger partial charge in [0, 0.05) is 17.6 Å². The van der Waals surface area contributed by atoms with Crippen molar-refractivity contribution in [3.8, 4) is 0 Å². The summed E-state index contributed by atoms with van der Waals surface area (Å²) in [5.74, 6) is -0.794. The first-order chi connectivity index (χ1) is 17.6. The molecular weight excluding hydrogens is 510 g/mol. The SMILES string of the molecule is CC(C)NC(=O)[C@@H](C)N(CCc1ccccc1)C(=O)CN(c1ccc(Cl)cc1)S(=O)(=O)c1ccccc1. The van der Waals surface area contributed by atoms with Crippen molar-refractivity contribution in [2.45, 2.75) is 44.2 Å². The predicted molar refractivity (Wildman–Crippen MR) is 147 cm³/mol. The van der Waals surface area contributed by atoms with Gasteiger partial charge in [0.05, 0.1) is 10.6 Å². The first-order valence-electron chi connectivity index (χ1n) is 12.1. The standard InChI is InChI=1S/C28H32ClN3O4S/c1-21(2)30-28(34)22(3)31(19-18-23-10-6-4-7-11-23)27(33)20-32(25-16-14-24(29)15-17-25)37(35,36)26-12-8-5-9-13-26/h4-17,21-22H,18-20H2,1-3H3,(H,30,34)/t22-/m1/s1. The van der Waals surface area contributed by atoms with Crippen LogP contribution in [-0.2, 0) is 26.0 Å². The van der Waals surface area contributed by atoms with Crippen molar-refractivity contribution in [3.63, 3.8) is 0 Å². The highest BCUT2D eigenvalue weighted by Crippen LogP contribution is 2.25. The van der Waals surface area contributed by atoms with Crippen LogP contribution in [0.2, 0.25) is 5.02 Å². The van der Waals surface area contributed by atoms with Crippen LogP contribution in [-0.4, -0.2) is 50.3 Å². The normalized spacial score (nSPS) is 12.1. The number of rotatable bonds is 11. The summed E-state index contributed by atoms with van der Waals surface area (Å²) in [5.41, 5.74) is 1.30. The molecule has 0 unspecified atom stereocenters. The Hall–Kier alpha value is -3.36. The Morgan fingerprint density at radius 3 is 2.00 bits per heavy atom. The van der Waals surface area contributed by atoms with Crippen LogP contribution in [0.3, 0.4) is 0 Å². The molecule has 0 aromatic heterocycles. The molecule has 0 saturated carbocycles. The molecule has 37 heavy (non-hydrogen) atoms. The highest BCUT2D eigenvalue weighted by Gasteiger charge is 2.32. The topological polar surface area (TPSA) is 86.8 Å². The van der Waals surface area contributed by atoms with E-state index >= 15 is 0 Å². The minimum Gasteiger partial charge on any atom is -0.352 e. The molecule has 0 aliphatic rings. The van der Waals surface area contributed by atoms with E-state index in [0.29, 0.717) is 17.1 Å². The lowest BCUT2D eigenvalue weighted by atomic mass is 10.1. The zero-order valence-corrected chi connectivity index (χ0v) is 22.7. The van der Waals surface area contributed by atoms with Crippen LogP contribution in [0.5, 0.6) is 0 Å². The second kappa shape index (κ2) is 12.7. The van der Waals surface area contributed by atoms with E-state index < -0.39 is 28.5 Å². The summed E-state index contributed by atoms with van der Waals surface area (Å²) >= 11 is 6.03. The molecule has 0 fully saturated rings. The van der Waals surface area contributed by atoms with Crippen molar-refractivity contribution in [1.29, 1.82) is 0 Å². The lowest BCUT2D eigenvalue weighted by molar-refractivity contribution is -0.139. The summed E-state index contributed by atoms with van der Waals surface area (Å²) in [7, 11) is -4.09. The Kier molecular flexibility index (Phi) is 9.72. The van der Waals surface area contributed by atoms with Gasteiger partial charge in [-0.05, 0) is 69.2 Å². The number of benzene rings is 3. The number of carbonyl (C=O) groups excluding carboxylic acids is 2. The monoisotopic (exact) mass is 541 g/mol. The first-order valence-corrected chi connectivity index (χ1v) is 13.9. The molecular formula is C28H32ClN3O4S. The van der Waals surface area contributed by atoms with E-state index in [4.69, 9.17) is 11.6 Å². The smallest absolute Gasteiger partial charge is 0.264 e. The number of hydrogen-bond donors (Lipinski definition) is 1. The molecule has 0 aliphatic carbocycles. The molecule has 2 amide bonds. The van der Waals surface area contributed by atoms with Gasteiger partial charge in [0.15, 0.2) is 0 Å². The molecule has 7 nitrogen and oxygen atoms in total. The number of amides is 2. The van der Waals surface area contributed by atoms with Gasteiger partial charge >= 0.3 is 0 Å². The molecule has 3 aromatic rings. The van der Waals surface area contributed by atoms with Gasteiger partial charge in [-0.15, -0.1) is 0 Å². The summed E-state index contributed by atoms with van der Waals surface area (Å²) in [6, 6.07) is 22.9. The lowest BCUT2D eigenvalue weighted by Crippen LogP contribution is -2.53. The predicted octanol–water partition coefficient (Wildman–Crippen LogP) is 4.52. The minimum absolute atomic E-state index is 0.0548. The molecule has 0 saturated heterocycles. The molecule has 9 heteroatoms. The Balaban J connectivity index is 1.95. The second-order valence-corrected chi connectivity index (χ2v) is 11.3. The van der Waals surface area contributed by atoms with Gasteiger partial charge in [0.25, 0.3) is 10.0 Å². The number of halogens is 1. The van der Waals surface area contributed by atoms with Crippen molar-refractivity contribution < 1.29 is 18.0 Å². The van der Waals surface area contributed by atoms with Crippen LogP contribution >= 0.6 is 11.6 Å². The zero-order valence-electron chi connectivity index (χ0n) is 21.2. The summed E-state index contributed by atoms with van der Waals surface area (Å²) < 4.78 is 28.4. The Morgan fingerprint density at radius 1 is 0.865 bits per heavy atom. The zero-order chi connectivity index (χ0) is 27.0. The van der Waals surface area contributed by atoms with E-state index in [1.54, 1.807) is 49.4 Å². The van der Waals surface area contributed by atoms with Gasteiger partial charge in [-0.2, -0.15) is 0 Å². The number of nitrogens with zero attached hydrogens (tertiary/aromatic N) is 2. The van der Waals surface area contributed by atoms with E-state index in [2.05, 4.69) is 5.32 Å². The molecule has 0 heterocycles. The van der Waals surface area contributed by atoms with Crippen LogP contribution in [0, 0.1) is 0 Å². The van der Waals surface area contributed by atoms with E-state index in [0.717, 1.165) is 9.87 Å². The highest BCUT2D eigenvalue weighted by molar-refractivity contribution is 7.92. The van der Waals surface area contributed by atoms with Crippen LogP contribution in [0.15, 0.2) is 89.8 Å². The number of sulfonamides is 1. The van der Waals surface area contributed by atoms with Crippen molar-refractivity contribution >= 4 is 39.1 Å². The van der Waals surface area contributed by atoms with Gasteiger partial charge in [-0.25, -0.2) is 8.42 Å². The van der Waals surface area contributed by atoms with Gasteiger partial charge in [0.1, 0.15) is 12.6 Å². The fourth-order valence-electron chi connectivity index (χ4n) is 3.83. The second-order valence-electron chi connectivity index (χ2n) is 8.96. The van der Waals surface area contributed by atoms with E-state index in [1.807, 2.05) is 44.2 Å². The summed E-state index contributed by atoms with van der Waals surface area (Å²) in [4.78, 5) is 28.1. The van der Waals surface area contributed by atoms with E-state index in [-0.39, 0.29) is 23.4 Å². The van der Waals surface area contributed by atoms with Crippen LogP contribution in [0.4, 0.5) is 5.69 Å². The molecule has 1 N–H and O–H groups in total. The fraction of sp³-hybridized carbons (Fsp3) is 0.286. The Bertz CT molecular complexity index is 1280. The molecule has 0 bridgehead atoms. The highest BCUT2D eigenvalue weighted by atomic mass is 35.5. The molecule has 0 aliphatic heterocycles. The first kappa shape index (κ1) is 28.2. The third-order valence-corrected chi connectivity index (χ3v) is 7.85. The molecule has 0 radical (unpaired) electrons. The van der Waals surface area contributed by atoms with Crippen LogP contribution in [0.25, 0.3) is 0 Å². The van der Waals surface area contributed by atoms with Crippen LogP contribution in [0.1, 0.15) is 26.3 Å². The maximum absolute atomic E-state index is 13.7. The maximum Gasteiger partial charge on any atom is 0.264 e. The third-order valence-electron chi connectivity index (χ3n) is 5.81. The minimum atomic E-state index is -4.09. The van der Waals surface area contributed by atoms with E-state index in [1.165, 1.54) is 17.0 Å². The number of nitrogens with one attached hydrogen (secondary N) is 1. The van der Waals surface area contributed by atoms with Crippen molar-refractivity contribution in [1.82, 2.24) is 10.2 Å². The van der Waals surface area contributed by atoms with Crippen molar-refractivity contribution in [2.75, 3.05) is 17.4 Å². The summed E-state index contributed by atoms with van der Waals surface area (Å²) in [6.07, 6.45) is 0.512. The number of hydrogen-bond acceptors (Lipinski definition) is 4. The Morgan fingerprint density at radius 2 is 1.43 bits per heavy atom. The van der Waals surface area contributed by atoms with Gasteiger partial charge < -0.3 is 10.2 Å². The third kappa shape index (κ3) is 7.57. The Labute approximate surface area is 224 Å². The largest absolute Gasteiger partial charge is 0.352 e. The average Bonchev–Trinajstić information content (AvgIpc) is 2.88. The summed E-state index contributed by atoms with van der Waals surface area (Å²) in [5, 5.41) is 3.28. The number of carbonyl (C=O) groups is 2. The van der Waals surface area contributed by atoms with Crippen molar-refractivity contribution in [2.24, 2.45) is 0 Å². The molecule has 0 spiro atoms. The van der Waals surface area contributed by atoms with Crippen LogP contribution < -0.4 is 9.62 Å². The summed E-state index contributed by atoms with van der Waals surface area (Å²) in [6.45, 7) is 5.10. The van der Waals surface area contributed by atoms with Gasteiger partial charge in [-0.1, -0.05) is 60.1 Å². The molecule has 3 aromatic carbocycles. The maximum atomic E-state index is 13.7. The molecule has 196 valence electrons. The van der Waals surface area contributed by atoms with Gasteiger partial charge in [-0.3, -0.25) is 13.9 Å². The lowest BCUT2D eigenvalue weighted by Gasteiger charge is -2.32. The molecule has 1 atom stereocenters. The average molecular weight is 542 g/mol. The van der Waals surface area contributed by atoms with Gasteiger partial charge in [0.2, 0.25) is 11.8 Å². The van der Waals surface area contributed by atoms with Crippen molar-refractivity contribution in [3.05, 3.63) is 95.5 Å². The molecule has 3 rings (SSSR count). The fourth-order valence-corrected chi connectivity index (χ4v) is 5.39.